The molecule has 0 saturated heterocycles. The van der Waals surface area contributed by atoms with Gasteiger partial charge < -0.3 is 10.1 Å². The molecule has 4 nitrogen and oxygen atoms in total. The van der Waals surface area contributed by atoms with Crippen molar-refractivity contribution in [1.82, 2.24) is 4.98 Å². The van der Waals surface area contributed by atoms with Crippen molar-refractivity contribution in [3.63, 3.8) is 0 Å². The van der Waals surface area contributed by atoms with Gasteiger partial charge in [0.25, 0.3) is 0 Å². The van der Waals surface area contributed by atoms with Crippen LogP contribution in [0, 0.1) is 0 Å². The summed E-state index contributed by atoms with van der Waals surface area (Å²) in [7, 11) is 0. The van der Waals surface area contributed by atoms with Crippen molar-refractivity contribution in [3.8, 4) is 5.75 Å². The van der Waals surface area contributed by atoms with Crippen LogP contribution in [0.25, 0.3) is 6.08 Å². The van der Waals surface area contributed by atoms with Crippen LogP contribution in [0.4, 0.5) is 19.0 Å². The summed E-state index contributed by atoms with van der Waals surface area (Å²) in [6.07, 6.45) is -0.944. The summed E-state index contributed by atoms with van der Waals surface area (Å²) < 4.78 is 43.3. The van der Waals surface area contributed by atoms with Crippen LogP contribution in [0.3, 0.4) is 0 Å². The zero-order chi connectivity index (χ0) is 20.7. The lowest BCUT2D eigenvalue weighted by atomic mass is 10.2. The molecule has 148 valence electrons. The molecule has 0 atom stereocenters. The average Bonchev–Trinajstić information content (AvgIpc) is 2.72. The summed E-state index contributed by atoms with van der Waals surface area (Å²) in [5, 5.41) is 2.42. The summed E-state index contributed by atoms with van der Waals surface area (Å²) in [5.74, 6) is 0.182. The second-order valence-electron chi connectivity index (χ2n) is 6.10. The Morgan fingerprint density at radius 2 is 1.83 bits per heavy atom. The van der Waals surface area contributed by atoms with E-state index < -0.39 is 17.6 Å². The Kier molecular flexibility index (Phi) is 6.29. The molecule has 1 amide bonds. The number of carbonyl (C=O) groups is 1. The summed E-state index contributed by atoms with van der Waals surface area (Å²) in [6, 6.07) is 18.9. The number of anilines is 1. The maximum Gasteiger partial charge on any atom is 0.417 e. The van der Waals surface area contributed by atoms with Crippen molar-refractivity contribution in [1.29, 1.82) is 0 Å². The van der Waals surface area contributed by atoms with Crippen LogP contribution in [-0.4, -0.2) is 10.9 Å². The van der Waals surface area contributed by atoms with Gasteiger partial charge in [0.2, 0.25) is 5.91 Å². The molecule has 0 aliphatic carbocycles. The number of amides is 1. The Hall–Kier alpha value is -3.61. The number of nitrogens with zero attached hydrogens (tertiary/aromatic N) is 1. The first-order valence-electron chi connectivity index (χ1n) is 8.69. The summed E-state index contributed by atoms with van der Waals surface area (Å²) >= 11 is 0. The number of benzene rings is 2. The van der Waals surface area contributed by atoms with E-state index in [4.69, 9.17) is 4.74 Å². The number of pyridine rings is 1. The van der Waals surface area contributed by atoms with E-state index in [1.54, 1.807) is 24.3 Å². The Morgan fingerprint density at radius 1 is 1.03 bits per heavy atom. The third-order valence-electron chi connectivity index (χ3n) is 3.88. The molecule has 0 unspecified atom stereocenters. The zero-order valence-electron chi connectivity index (χ0n) is 15.2. The second-order valence-corrected chi connectivity index (χ2v) is 6.10. The van der Waals surface area contributed by atoms with Crippen molar-refractivity contribution in [3.05, 3.63) is 95.7 Å². The maximum absolute atomic E-state index is 12.5. The van der Waals surface area contributed by atoms with Gasteiger partial charge in [0.15, 0.2) is 0 Å². The summed E-state index contributed by atoms with van der Waals surface area (Å²) in [5.41, 5.74) is 0.904. The zero-order valence-corrected chi connectivity index (χ0v) is 15.2. The van der Waals surface area contributed by atoms with Crippen molar-refractivity contribution in [2.45, 2.75) is 12.8 Å². The SMILES string of the molecule is O=C(/C=C/c1cccc(OCc2ccccc2)c1)Nc1ccc(C(F)(F)F)cn1. The first-order valence-corrected chi connectivity index (χ1v) is 8.69. The van der Waals surface area contributed by atoms with E-state index >= 15 is 0 Å². The van der Waals surface area contributed by atoms with Gasteiger partial charge in [-0.15, -0.1) is 0 Å². The van der Waals surface area contributed by atoms with Gasteiger partial charge in [0.05, 0.1) is 5.56 Å². The number of nitrogens with one attached hydrogen (secondary N) is 1. The standard InChI is InChI=1S/C22H17F3N2O2/c23-22(24,25)18-10-11-20(26-14-18)27-21(28)12-9-16-7-4-8-19(13-16)29-15-17-5-2-1-3-6-17/h1-14H,15H2,(H,26,27,28)/b12-9+. The predicted octanol–water partition coefficient (Wildman–Crippen LogP) is 5.33. The Labute approximate surface area is 165 Å². The van der Waals surface area contributed by atoms with Gasteiger partial charge in [0, 0.05) is 12.3 Å². The van der Waals surface area contributed by atoms with Crippen molar-refractivity contribution in [2.75, 3.05) is 5.32 Å². The van der Waals surface area contributed by atoms with Gasteiger partial charge in [0.1, 0.15) is 18.2 Å². The van der Waals surface area contributed by atoms with Gasteiger partial charge in [-0.25, -0.2) is 4.98 Å². The lowest BCUT2D eigenvalue weighted by Crippen LogP contribution is -2.11. The fraction of sp³-hybridized carbons (Fsp3) is 0.0909. The molecular weight excluding hydrogens is 381 g/mol. The smallest absolute Gasteiger partial charge is 0.417 e. The van der Waals surface area contributed by atoms with Crippen molar-refractivity contribution >= 4 is 17.8 Å². The fourth-order valence-corrected chi connectivity index (χ4v) is 2.42. The lowest BCUT2D eigenvalue weighted by molar-refractivity contribution is -0.137. The fourth-order valence-electron chi connectivity index (χ4n) is 2.42. The summed E-state index contributed by atoms with van der Waals surface area (Å²) in [6.45, 7) is 0.425. The number of hydrogen-bond donors (Lipinski definition) is 1. The number of alkyl halides is 3. The molecule has 29 heavy (non-hydrogen) atoms. The highest BCUT2D eigenvalue weighted by molar-refractivity contribution is 6.01. The van der Waals surface area contributed by atoms with Crippen LogP contribution >= 0.6 is 0 Å². The lowest BCUT2D eigenvalue weighted by Gasteiger charge is -2.07. The minimum Gasteiger partial charge on any atom is -0.489 e. The molecule has 0 aliphatic heterocycles. The van der Waals surface area contributed by atoms with E-state index in [0.717, 1.165) is 23.3 Å². The maximum atomic E-state index is 12.5. The Bertz CT molecular complexity index is 985. The van der Waals surface area contributed by atoms with Gasteiger partial charge in [-0.2, -0.15) is 13.2 Å². The monoisotopic (exact) mass is 398 g/mol. The van der Waals surface area contributed by atoms with Crippen molar-refractivity contribution < 1.29 is 22.7 Å². The number of aromatic nitrogens is 1. The molecular formula is C22H17F3N2O2. The first kappa shape index (κ1) is 20.1. The third-order valence-corrected chi connectivity index (χ3v) is 3.88. The number of hydrogen-bond acceptors (Lipinski definition) is 3. The molecule has 0 radical (unpaired) electrons. The van der Waals surface area contributed by atoms with Gasteiger partial charge in [-0.05, 0) is 41.5 Å². The molecule has 3 aromatic rings. The minimum atomic E-state index is -4.47. The second kappa shape index (κ2) is 9.05. The van der Waals surface area contributed by atoms with E-state index in [2.05, 4.69) is 10.3 Å². The quantitative estimate of drug-likeness (QED) is 0.571. The molecule has 1 heterocycles. The van der Waals surface area contributed by atoms with E-state index in [1.165, 1.54) is 6.08 Å². The molecule has 0 saturated carbocycles. The molecule has 3 rings (SSSR count). The molecule has 1 N–H and O–H groups in total. The van der Waals surface area contributed by atoms with Crippen LogP contribution in [0.2, 0.25) is 0 Å². The van der Waals surface area contributed by atoms with Gasteiger partial charge in [-0.3, -0.25) is 4.79 Å². The molecule has 0 aliphatic rings. The molecule has 7 heteroatoms. The number of rotatable bonds is 6. The Morgan fingerprint density at radius 3 is 2.52 bits per heavy atom. The van der Waals surface area contributed by atoms with Crippen LogP contribution in [0.1, 0.15) is 16.7 Å². The van der Waals surface area contributed by atoms with E-state index in [1.807, 2.05) is 36.4 Å². The van der Waals surface area contributed by atoms with E-state index in [-0.39, 0.29) is 5.82 Å². The normalized spacial score (nSPS) is 11.4. The third kappa shape index (κ3) is 6.21. The summed E-state index contributed by atoms with van der Waals surface area (Å²) in [4.78, 5) is 15.6. The molecule has 0 bridgehead atoms. The molecule has 0 spiro atoms. The predicted molar refractivity (Wildman–Crippen MR) is 104 cm³/mol. The highest BCUT2D eigenvalue weighted by Gasteiger charge is 2.30. The number of ether oxygens (including phenoxy) is 1. The minimum absolute atomic E-state index is 0.0348. The Balaban J connectivity index is 1.57. The van der Waals surface area contributed by atoms with Crippen LogP contribution in [0.15, 0.2) is 79.0 Å². The molecule has 1 aromatic heterocycles. The highest BCUT2D eigenvalue weighted by atomic mass is 19.4. The van der Waals surface area contributed by atoms with Crippen molar-refractivity contribution in [2.24, 2.45) is 0 Å². The van der Waals surface area contributed by atoms with Crippen LogP contribution in [0.5, 0.6) is 5.75 Å². The van der Waals surface area contributed by atoms with Crippen LogP contribution in [-0.2, 0) is 17.6 Å². The van der Waals surface area contributed by atoms with E-state index in [9.17, 15) is 18.0 Å². The average molecular weight is 398 g/mol. The largest absolute Gasteiger partial charge is 0.489 e. The van der Waals surface area contributed by atoms with Crippen LogP contribution < -0.4 is 10.1 Å². The first-order chi connectivity index (χ1) is 13.9. The van der Waals surface area contributed by atoms with Gasteiger partial charge in [-0.1, -0.05) is 42.5 Å². The van der Waals surface area contributed by atoms with Gasteiger partial charge >= 0.3 is 6.18 Å². The highest BCUT2D eigenvalue weighted by Crippen LogP contribution is 2.28. The van der Waals surface area contributed by atoms with E-state index in [0.29, 0.717) is 18.6 Å². The number of carbonyl (C=O) groups excluding carboxylic acids is 1. The number of halogens is 3. The topological polar surface area (TPSA) is 51.2 Å². The molecule has 2 aromatic carbocycles. The molecule has 0 fully saturated rings.